The van der Waals surface area contributed by atoms with Crippen LogP contribution in [0.4, 0.5) is 5.69 Å². The molecule has 0 bridgehead atoms. The summed E-state index contributed by atoms with van der Waals surface area (Å²) in [6, 6.07) is 13.9. The average molecular weight is 573 g/mol. The summed E-state index contributed by atoms with van der Waals surface area (Å²) in [4.78, 5) is 17.4. The van der Waals surface area contributed by atoms with E-state index in [0.29, 0.717) is 52.2 Å². The van der Waals surface area contributed by atoms with E-state index in [1.54, 1.807) is 48.5 Å². The van der Waals surface area contributed by atoms with Crippen molar-refractivity contribution in [2.45, 2.75) is 13.5 Å². The van der Waals surface area contributed by atoms with Crippen LogP contribution in [0.2, 0.25) is 25.1 Å². The number of rotatable bonds is 5. The maximum absolute atomic E-state index is 12.5. The number of amidine groups is 1. The molecule has 1 heterocycles. The Labute approximate surface area is 225 Å². The van der Waals surface area contributed by atoms with Gasteiger partial charge in [0.25, 0.3) is 5.91 Å². The normalized spacial score (nSPS) is 15.8. The summed E-state index contributed by atoms with van der Waals surface area (Å²) in [7, 11) is 0. The van der Waals surface area contributed by atoms with Gasteiger partial charge in [-0.05, 0) is 72.3 Å². The zero-order valence-electron chi connectivity index (χ0n) is 17.5. The van der Waals surface area contributed by atoms with Crippen molar-refractivity contribution >= 4 is 92.6 Å². The van der Waals surface area contributed by atoms with E-state index < -0.39 is 0 Å². The third kappa shape index (κ3) is 5.85. The summed E-state index contributed by atoms with van der Waals surface area (Å²) in [5, 5.41) is 5.44. The predicted molar refractivity (Wildman–Crippen MR) is 144 cm³/mol. The van der Waals surface area contributed by atoms with Gasteiger partial charge in [0.2, 0.25) is 0 Å². The van der Waals surface area contributed by atoms with Crippen molar-refractivity contribution in [3.63, 3.8) is 0 Å². The summed E-state index contributed by atoms with van der Waals surface area (Å²) in [6.07, 6.45) is 1.69. The third-order valence-corrected chi connectivity index (χ3v) is 7.29. The number of carbonyl (C=O) groups is 1. The third-order valence-electron chi connectivity index (χ3n) is 4.82. The van der Waals surface area contributed by atoms with Crippen molar-refractivity contribution < 1.29 is 9.53 Å². The molecule has 0 saturated carbocycles. The summed E-state index contributed by atoms with van der Waals surface area (Å²) in [6.45, 7) is 2.03. The van der Waals surface area contributed by atoms with E-state index in [-0.39, 0.29) is 12.5 Å². The highest BCUT2D eigenvalue weighted by molar-refractivity contribution is 8.18. The Morgan fingerprint density at radius 3 is 2.41 bits per heavy atom. The summed E-state index contributed by atoms with van der Waals surface area (Å²) >= 11 is 32.3. The smallest absolute Gasteiger partial charge is 0.264 e. The summed E-state index contributed by atoms with van der Waals surface area (Å²) in [5.74, 6) is 0.0482. The Hall–Kier alpha value is -1.86. The highest BCUT2D eigenvalue weighted by Crippen LogP contribution is 2.37. The largest absolute Gasteiger partial charge is 0.486 e. The zero-order valence-corrected chi connectivity index (χ0v) is 22.1. The first-order valence-corrected chi connectivity index (χ1v) is 12.5. The lowest BCUT2D eigenvalue weighted by Gasteiger charge is -2.12. The van der Waals surface area contributed by atoms with E-state index in [0.717, 1.165) is 11.1 Å². The number of hydrogen-bond donors (Lipinski definition) is 1. The molecule has 0 aromatic heterocycles. The van der Waals surface area contributed by atoms with Gasteiger partial charge in [-0.15, -0.1) is 0 Å². The zero-order chi connectivity index (χ0) is 24.4. The monoisotopic (exact) mass is 570 g/mol. The van der Waals surface area contributed by atoms with Crippen LogP contribution >= 0.6 is 69.8 Å². The van der Waals surface area contributed by atoms with Crippen LogP contribution in [0, 0.1) is 6.92 Å². The van der Waals surface area contributed by atoms with E-state index in [2.05, 4.69) is 10.3 Å². The highest BCUT2D eigenvalue weighted by atomic mass is 35.5. The molecular weight excluding hydrogens is 558 g/mol. The van der Waals surface area contributed by atoms with Crippen LogP contribution in [0.5, 0.6) is 5.75 Å². The molecule has 1 saturated heterocycles. The first kappa shape index (κ1) is 25.2. The second kappa shape index (κ2) is 10.8. The number of nitrogens with zero attached hydrogens (tertiary/aromatic N) is 1. The minimum atomic E-state index is -0.270. The van der Waals surface area contributed by atoms with Crippen molar-refractivity contribution in [2.75, 3.05) is 0 Å². The van der Waals surface area contributed by atoms with Crippen LogP contribution < -0.4 is 10.1 Å². The SMILES string of the molecule is Cc1c(Cl)cccc1N=C1NC(=O)/C(=C\c2cc(Cl)c(OCc3ccc(Cl)cc3Cl)c(Cl)c2)S1. The highest BCUT2D eigenvalue weighted by Gasteiger charge is 2.24. The number of benzene rings is 3. The van der Waals surface area contributed by atoms with Crippen molar-refractivity contribution in [1.82, 2.24) is 5.32 Å². The van der Waals surface area contributed by atoms with Crippen molar-refractivity contribution in [2.24, 2.45) is 4.99 Å². The number of amides is 1. The number of hydrogen-bond acceptors (Lipinski definition) is 4. The van der Waals surface area contributed by atoms with Crippen LogP contribution in [-0.2, 0) is 11.4 Å². The number of carbonyl (C=O) groups excluding carboxylic acids is 1. The van der Waals surface area contributed by atoms with Gasteiger partial charge < -0.3 is 10.1 Å². The summed E-state index contributed by atoms with van der Waals surface area (Å²) in [5.41, 5.74) is 2.90. The maximum Gasteiger partial charge on any atom is 0.264 e. The van der Waals surface area contributed by atoms with Gasteiger partial charge in [0, 0.05) is 20.6 Å². The van der Waals surface area contributed by atoms with Crippen LogP contribution in [0.1, 0.15) is 16.7 Å². The number of nitrogens with one attached hydrogen (secondary N) is 1. The average Bonchev–Trinajstić information content (AvgIpc) is 3.10. The van der Waals surface area contributed by atoms with Gasteiger partial charge in [-0.3, -0.25) is 4.79 Å². The molecule has 34 heavy (non-hydrogen) atoms. The van der Waals surface area contributed by atoms with E-state index >= 15 is 0 Å². The number of thioether (sulfide) groups is 1. The van der Waals surface area contributed by atoms with Crippen LogP contribution in [-0.4, -0.2) is 11.1 Å². The number of halogens is 5. The molecule has 1 amide bonds. The lowest BCUT2D eigenvalue weighted by Crippen LogP contribution is -2.19. The molecule has 1 N–H and O–H groups in total. The lowest BCUT2D eigenvalue weighted by atomic mass is 10.2. The summed E-state index contributed by atoms with van der Waals surface area (Å²) < 4.78 is 5.80. The van der Waals surface area contributed by atoms with Gasteiger partial charge in [0.15, 0.2) is 10.9 Å². The first-order valence-electron chi connectivity index (χ1n) is 9.81. The molecule has 0 unspecified atom stereocenters. The lowest BCUT2D eigenvalue weighted by molar-refractivity contribution is -0.115. The van der Waals surface area contributed by atoms with Crippen LogP contribution in [0.3, 0.4) is 0 Å². The Morgan fingerprint density at radius 1 is 0.971 bits per heavy atom. The van der Waals surface area contributed by atoms with E-state index in [1.807, 2.05) is 13.0 Å². The molecule has 4 nitrogen and oxygen atoms in total. The quantitative estimate of drug-likeness (QED) is 0.311. The predicted octanol–water partition coefficient (Wildman–Crippen LogP) is 8.73. The Morgan fingerprint density at radius 2 is 1.71 bits per heavy atom. The molecule has 10 heteroatoms. The molecule has 1 aliphatic rings. The van der Waals surface area contributed by atoms with E-state index in [4.69, 9.17) is 62.7 Å². The van der Waals surface area contributed by atoms with Crippen LogP contribution in [0.25, 0.3) is 6.08 Å². The maximum atomic E-state index is 12.5. The molecule has 0 atom stereocenters. The second-order valence-electron chi connectivity index (χ2n) is 7.20. The van der Waals surface area contributed by atoms with Crippen molar-refractivity contribution in [1.29, 1.82) is 0 Å². The molecule has 0 spiro atoms. The first-order chi connectivity index (χ1) is 16.2. The minimum absolute atomic E-state index is 0.164. The molecule has 3 aromatic rings. The van der Waals surface area contributed by atoms with Crippen molar-refractivity contribution in [3.05, 3.63) is 95.2 Å². The Bertz CT molecular complexity index is 1330. The van der Waals surface area contributed by atoms with Gasteiger partial charge in [0.05, 0.1) is 20.6 Å². The van der Waals surface area contributed by atoms with Gasteiger partial charge in [-0.25, -0.2) is 4.99 Å². The van der Waals surface area contributed by atoms with Gasteiger partial charge >= 0.3 is 0 Å². The minimum Gasteiger partial charge on any atom is -0.486 e. The van der Waals surface area contributed by atoms with E-state index in [9.17, 15) is 4.79 Å². The molecule has 0 aliphatic carbocycles. The van der Waals surface area contributed by atoms with Gasteiger partial charge in [-0.1, -0.05) is 70.1 Å². The fourth-order valence-electron chi connectivity index (χ4n) is 3.05. The Balaban J connectivity index is 1.52. The molecule has 3 aromatic carbocycles. The standard InChI is InChI=1S/C24H15Cl5N2O2S/c1-12-16(26)3-2-4-20(12)30-24-31-23(32)21(34-24)9-13-7-18(28)22(19(29)8-13)33-11-14-5-6-15(25)10-17(14)27/h2-10H,11H2,1H3,(H,30,31,32)/b21-9+. The fraction of sp³-hybridized carbons (Fsp3) is 0.0833. The van der Waals surface area contributed by atoms with Crippen molar-refractivity contribution in [3.8, 4) is 5.75 Å². The molecule has 1 fully saturated rings. The van der Waals surface area contributed by atoms with E-state index in [1.165, 1.54) is 11.8 Å². The second-order valence-corrected chi connectivity index (χ2v) is 10.3. The topological polar surface area (TPSA) is 50.7 Å². The van der Waals surface area contributed by atoms with Crippen LogP contribution in [0.15, 0.2) is 58.4 Å². The molecule has 174 valence electrons. The molecule has 1 aliphatic heterocycles. The molecule has 4 rings (SSSR count). The Kier molecular flexibility index (Phi) is 8.03. The van der Waals surface area contributed by atoms with Gasteiger partial charge in [0.1, 0.15) is 6.61 Å². The van der Waals surface area contributed by atoms with Gasteiger partial charge in [-0.2, -0.15) is 0 Å². The molecule has 0 radical (unpaired) electrons. The fourth-order valence-corrected chi connectivity index (χ4v) is 5.13. The number of ether oxygens (including phenoxy) is 1. The number of aliphatic imine (C=N–C) groups is 1. The molecular formula is C24H15Cl5N2O2S.